The Hall–Kier alpha value is -3.16. The summed E-state index contributed by atoms with van der Waals surface area (Å²) in [5, 5.41) is 2.98. The van der Waals surface area contributed by atoms with Gasteiger partial charge in [-0.2, -0.15) is 0 Å². The standard InChI is InChI=1S/C22H24F2N2O4/c1-29-19-6-3-14(11-20(19)30-2)12-21(27)25-16-7-9-26(10-8-16)22(28)17-5-4-15(23)13-18(17)24/h3-6,11,13,16H,7-10,12H2,1-2H3,(H,25,27). The minimum atomic E-state index is -0.870. The molecule has 1 saturated heterocycles. The number of hydrogen-bond donors (Lipinski definition) is 1. The number of rotatable bonds is 6. The molecule has 0 atom stereocenters. The van der Waals surface area contributed by atoms with Crippen molar-refractivity contribution < 1.29 is 27.8 Å². The topological polar surface area (TPSA) is 67.9 Å². The third-order valence-corrected chi connectivity index (χ3v) is 5.12. The van der Waals surface area contributed by atoms with Gasteiger partial charge < -0.3 is 19.7 Å². The van der Waals surface area contributed by atoms with Crippen molar-refractivity contribution in [2.24, 2.45) is 0 Å². The van der Waals surface area contributed by atoms with Gasteiger partial charge in [-0.3, -0.25) is 9.59 Å². The van der Waals surface area contributed by atoms with Crippen LogP contribution in [0.1, 0.15) is 28.8 Å². The first-order valence-corrected chi connectivity index (χ1v) is 9.66. The number of nitrogens with zero attached hydrogens (tertiary/aromatic N) is 1. The number of carbonyl (C=O) groups is 2. The van der Waals surface area contributed by atoms with Crippen LogP contribution in [0.15, 0.2) is 36.4 Å². The average molecular weight is 418 g/mol. The van der Waals surface area contributed by atoms with Crippen molar-refractivity contribution in [3.63, 3.8) is 0 Å². The maximum Gasteiger partial charge on any atom is 0.256 e. The minimum absolute atomic E-state index is 0.0697. The van der Waals surface area contributed by atoms with Crippen LogP contribution in [0.4, 0.5) is 8.78 Å². The molecule has 6 nitrogen and oxygen atoms in total. The molecule has 1 N–H and O–H groups in total. The summed E-state index contributed by atoms with van der Waals surface area (Å²) in [5.74, 6) is -1.04. The highest BCUT2D eigenvalue weighted by atomic mass is 19.1. The summed E-state index contributed by atoms with van der Waals surface area (Å²) in [4.78, 5) is 26.4. The Morgan fingerprint density at radius 2 is 1.73 bits per heavy atom. The van der Waals surface area contributed by atoms with Crippen molar-refractivity contribution >= 4 is 11.8 Å². The maximum atomic E-state index is 13.9. The lowest BCUT2D eigenvalue weighted by Crippen LogP contribution is -2.47. The number of amides is 2. The number of hydrogen-bond acceptors (Lipinski definition) is 4. The fourth-order valence-electron chi connectivity index (χ4n) is 3.51. The molecule has 0 spiro atoms. The molecule has 0 aromatic heterocycles. The van der Waals surface area contributed by atoms with Crippen molar-refractivity contribution in [2.45, 2.75) is 25.3 Å². The summed E-state index contributed by atoms with van der Waals surface area (Å²) in [6.07, 6.45) is 1.32. The quantitative estimate of drug-likeness (QED) is 0.783. The smallest absolute Gasteiger partial charge is 0.256 e. The number of nitrogens with one attached hydrogen (secondary N) is 1. The largest absolute Gasteiger partial charge is 0.493 e. The Labute approximate surface area is 173 Å². The van der Waals surface area contributed by atoms with Crippen LogP contribution >= 0.6 is 0 Å². The van der Waals surface area contributed by atoms with Crippen molar-refractivity contribution in [3.8, 4) is 11.5 Å². The molecule has 1 fully saturated rings. The molecule has 0 bridgehead atoms. The van der Waals surface area contributed by atoms with Crippen LogP contribution in [0.25, 0.3) is 0 Å². The molecule has 3 rings (SSSR count). The van der Waals surface area contributed by atoms with Crippen LogP contribution in [-0.2, 0) is 11.2 Å². The highest BCUT2D eigenvalue weighted by molar-refractivity contribution is 5.94. The number of likely N-dealkylation sites (tertiary alicyclic amines) is 1. The van der Waals surface area contributed by atoms with E-state index >= 15 is 0 Å². The van der Waals surface area contributed by atoms with E-state index in [1.165, 1.54) is 12.0 Å². The summed E-state index contributed by atoms with van der Waals surface area (Å²) < 4.78 is 37.3. The average Bonchev–Trinajstić information content (AvgIpc) is 2.73. The van der Waals surface area contributed by atoms with Gasteiger partial charge in [0.05, 0.1) is 26.2 Å². The van der Waals surface area contributed by atoms with E-state index in [4.69, 9.17) is 9.47 Å². The first kappa shape index (κ1) is 21.5. The van der Waals surface area contributed by atoms with E-state index in [1.807, 2.05) is 0 Å². The number of carbonyl (C=O) groups excluding carboxylic acids is 2. The van der Waals surface area contributed by atoms with Crippen LogP contribution in [0.5, 0.6) is 11.5 Å². The Morgan fingerprint density at radius 3 is 2.37 bits per heavy atom. The molecule has 160 valence electrons. The normalized spacial score (nSPS) is 14.3. The highest BCUT2D eigenvalue weighted by Gasteiger charge is 2.26. The molecule has 1 heterocycles. The van der Waals surface area contributed by atoms with E-state index in [0.717, 1.165) is 17.7 Å². The first-order valence-electron chi connectivity index (χ1n) is 9.66. The SMILES string of the molecule is COc1ccc(CC(=O)NC2CCN(C(=O)c3ccc(F)cc3F)CC2)cc1OC. The Balaban J connectivity index is 1.52. The van der Waals surface area contributed by atoms with E-state index < -0.39 is 17.5 Å². The zero-order valence-electron chi connectivity index (χ0n) is 16.9. The van der Waals surface area contributed by atoms with Gasteiger partial charge in [0.15, 0.2) is 11.5 Å². The molecular formula is C22H24F2N2O4. The molecular weight excluding hydrogens is 394 g/mol. The van der Waals surface area contributed by atoms with Gasteiger partial charge in [-0.15, -0.1) is 0 Å². The van der Waals surface area contributed by atoms with Crippen LogP contribution in [0, 0.1) is 11.6 Å². The molecule has 30 heavy (non-hydrogen) atoms. The highest BCUT2D eigenvalue weighted by Crippen LogP contribution is 2.27. The van der Waals surface area contributed by atoms with Crippen LogP contribution in [0.3, 0.4) is 0 Å². The zero-order chi connectivity index (χ0) is 21.7. The van der Waals surface area contributed by atoms with E-state index in [2.05, 4.69) is 5.32 Å². The van der Waals surface area contributed by atoms with Gasteiger partial charge in [0.25, 0.3) is 5.91 Å². The summed E-state index contributed by atoms with van der Waals surface area (Å²) in [5.41, 5.74) is 0.650. The van der Waals surface area contributed by atoms with Gasteiger partial charge in [0, 0.05) is 25.2 Å². The van der Waals surface area contributed by atoms with Crippen molar-refractivity contribution in [1.82, 2.24) is 10.2 Å². The van der Waals surface area contributed by atoms with E-state index in [-0.39, 0.29) is 23.9 Å². The van der Waals surface area contributed by atoms with Crippen LogP contribution < -0.4 is 14.8 Å². The molecule has 2 aromatic carbocycles. The lowest BCUT2D eigenvalue weighted by molar-refractivity contribution is -0.121. The van der Waals surface area contributed by atoms with E-state index in [9.17, 15) is 18.4 Å². The Morgan fingerprint density at radius 1 is 1.03 bits per heavy atom. The molecule has 2 aromatic rings. The minimum Gasteiger partial charge on any atom is -0.493 e. The monoisotopic (exact) mass is 418 g/mol. The van der Waals surface area contributed by atoms with Gasteiger partial charge in [-0.1, -0.05) is 6.07 Å². The number of halogens is 2. The van der Waals surface area contributed by atoms with Crippen LogP contribution in [-0.4, -0.2) is 50.1 Å². The summed E-state index contributed by atoms with van der Waals surface area (Å²) in [6.45, 7) is 0.772. The molecule has 0 aliphatic carbocycles. The van der Waals surface area contributed by atoms with E-state index in [0.29, 0.717) is 43.5 Å². The third-order valence-electron chi connectivity index (χ3n) is 5.12. The van der Waals surface area contributed by atoms with Crippen molar-refractivity contribution in [3.05, 3.63) is 59.2 Å². The fourth-order valence-corrected chi connectivity index (χ4v) is 3.51. The van der Waals surface area contributed by atoms with Gasteiger partial charge in [-0.25, -0.2) is 8.78 Å². The number of piperidine rings is 1. The summed E-state index contributed by atoms with van der Waals surface area (Å²) in [7, 11) is 3.08. The van der Waals surface area contributed by atoms with E-state index in [1.54, 1.807) is 25.3 Å². The fraction of sp³-hybridized carbons (Fsp3) is 0.364. The van der Waals surface area contributed by atoms with Gasteiger partial charge in [0.1, 0.15) is 11.6 Å². The molecule has 0 radical (unpaired) electrons. The molecule has 2 amide bonds. The zero-order valence-corrected chi connectivity index (χ0v) is 16.9. The first-order chi connectivity index (χ1) is 14.4. The lowest BCUT2D eigenvalue weighted by atomic mass is 10.0. The molecule has 1 aliphatic heterocycles. The lowest BCUT2D eigenvalue weighted by Gasteiger charge is -2.32. The van der Waals surface area contributed by atoms with Crippen molar-refractivity contribution in [2.75, 3.05) is 27.3 Å². The predicted octanol–water partition coefficient (Wildman–Crippen LogP) is 2.95. The van der Waals surface area contributed by atoms with Crippen LogP contribution in [0.2, 0.25) is 0 Å². The summed E-state index contributed by atoms with van der Waals surface area (Å²) in [6, 6.07) is 8.17. The number of ether oxygens (including phenoxy) is 2. The van der Waals surface area contributed by atoms with Gasteiger partial charge in [0.2, 0.25) is 5.91 Å². The molecule has 1 aliphatic rings. The van der Waals surface area contributed by atoms with Gasteiger partial charge in [-0.05, 0) is 42.7 Å². The second kappa shape index (κ2) is 9.56. The van der Waals surface area contributed by atoms with Crippen molar-refractivity contribution in [1.29, 1.82) is 0 Å². The molecule has 0 unspecified atom stereocenters. The number of benzene rings is 2. The Bertz CT molecular complexity index is 927. The molecule has 8 heteroatoms. The second-order valence-electron chi connectivity index (χ2n) is 7.12. The Kier molecular flexibility index (Phi) is 6.87. The number of methoxy groups -OCH3 is 2. The second-order valence-corrected chi connectivity index (χ2v) is 7.12. The predicted molar refractivity (Wildman–Crippen MR) is 107 cm³/mol. The molecule has 0 saturated carbocycles. The van der Waals surface area contributed by atoms with Gasteiger partial charge >= 0.3 is 0 Å². The maximum absolute atomic E-state index is 13.9. The third kappa shape index (κ3) is 5.06. The summed E-state index contributed by atoms with van der Waals surface area (Å²) >= 11 is 0.